The quantitative estimate of drug-likeness (QED) is 0.661. The van der Waals surface area contributed by atoms with Crippen molar-refractivity contribution in [2.45, 2.75) is 20.8 Å². The summed E-state index contributed by atoms with van der Waals surface area (Å²) >= 11 is 0. The van der Waals surface area contributed by atoms with Crippen LogP contribution in [-0.4, -0.2) is 34.5 Å². The number of imidazole rings is 1. The molecule has 1 aromatic heterocycles. The van der Waals surface area contributed by atoms with Gasteiger partial charge in [-0.1, -0.05) is 32.0 Å². The first-order valence-electron chi connectivity index (χ1n) is 9.08. The molecule has 1 heterocycles. The molecule has 0 bridgehead atoms. The molecule has 6 nitrogen and oxygen atoms in total. The summed E-state index contributed by atoms with van der Waals surface area (Å²) in [6.07, 6.45) is 0. The topological polar surface area (TPSA) is 76.0 Å². The molecule has 0 spiro atoms. The van der Waals surface area contributed by atoms with Gasteiger partial charge in [-0.15, -0.1) is 0 Å². The number of carbonyl (C=O) groups is 2. The first kappa shape index (κ1) is 18.6. The van der Waals surface area contributed by atoms with E-state index in [4.69, 9.17) is 0 Å². The minimum atomic E-state index is -0.178. The minimum absolute atomic E-state index is 0.0207. The molecular weight excluding hydrogens is 340 g/mol. The van der Waals surface area contributed by atoms with Crippen LogP contribution in [0.3, 0.4) is 0 Å². The van der Waals surface area contributed by atoms with Crippen LogP contribution in [0.25, 0.3) is 16.7 Å². The van der Waals surface area contributed by atoms with E-state index < -0.39 is 0 Å². The second kappa shape index (κ2) is 8.03. The molecule has 2 amide bonds. The number of fused-ring (bicyclic) bond motifs is 1. The van der Waals surface area contributed by atoms with Crippen molar-refractivity contribution in [1.29, 1.82) is 0 Å². The van der Waals surface area contributed by atoms with E-state index in [0.29, 0.717) is 18.7 Å². The molecule has 3 aromatic rings. The maximum atomic E-state index is 12.4. The van der Waals surface area contributed by atoms with Gasteiger partial charge in [-0.25, -0.2) is 4.98 Å². The van der Waals surface area contributed by atoms with Crippen molar-refractivity contribution in [2.75, 3.05) is 13.1 Å². The van der Waals surface area contributed by atoms with Gasteiger partial charge in [0.15, 0.2) is 0 Å². The zero-order valence-electron chi connectivity index (χ0n) is 15.8. The molecule has 0 aliphatic carbocycles. The van der Waals surface area contributed by atoms with Gasteiger partial charge in [0, 0.05) is 30.3 Å². The molecule has 27 heavy (non-hydrogen) atoms. The Morgan fingerprint density at radius 1 is 1.04 bits per heavy atom. The lowest BCUT2D eigenvalue weighted by atomic mass is 10.2. The molecule has 0 radical (unpaired) electrons. The Labute approximate surface area is 158 Å². The molecule has 3 rings (SSSR count). The maximum Gasteiger partial charge on any atom is 0.251 e. The Morgan fingerprint density at radius 3 is 2.44 bits per heavy atom. The Balaban J connectivity index is 1.72. The number of hydrogen-bond donors (Lipinski definition) is 2. The molecule has 6 heteroatoms. The van der Waals surface area contributed by atoms with Gasteiger partial charge in [0.25, 0.3) is 5.91 Å². The van der Waals surface area contributed by atoms with Gasteiger partial charge in [0.2, 0.25) is 5.91 Å². The minimum Gasteiger partial charge on any atom is -0.354 e. The zero-order valence-corrected chi connectivity index (χ0v) is 15.8. The predicted molar refractivity (Wildman–Crippen MR) is 106 cm³/mol. The lowest BCUT2D eigenvalue weighted by Gasteiger charge is -2.09. The maximum absolute atomic E-state index is 12.4. The molecule has 0 aliphatic heterocycles. The van der Waals surface area contributed by atoms with E-state index in [1.807, 2.05) is 57.2 Å². The van der Waals surface area contributed by atoms with Crippen molar-refractivity contribution in [1.82, 2.24) is 20.2 Å². The summed E-state index contributed by atoms with van der Waals surface area (Å²) in [7, 11) is 0. The second-order valence-corrected chi connectivity index (χ2v) is 6.74. The van der Waals surface area contributed by atoms with Gasteiger partial charge in [-0.3, -0.25) is 14.2 Å². The number of para-hydroxylation sites is 1. The third-order valence-corrected chi connectivity index (χ3v) is 4.33. The number of hydrogen-bond acceptors (Lipinski definition) is 3. The molecule has 2 aromatic carbocycles. The summed E-state index contributed by atoms with van der Waals surface area (Å²) in [6.45, 7) is 6.41. The number of rotatable bonds is 6. The fraction of sp³-hybridized carbons (Fsp3) is 0.286. The van der Waals surface area contributed by atoms with Crippen LogP contribution < -0.4 is 10.6 Å². The number of aromatic nitrogens is 2. The number of benzene rings is 2. The van der Waals surface area contributed by atoms with Crippen LogP contribution in [0.2, 0.25) is 0 Å². The van der Waals surface area contributed by atoms with Gasteiger partial charge in [0.05, 0.1) is 11.0 Å². The molecule has 0 unspecified atom stereocenters. The summed E-state index contributed by atoms with van der Waals surface area (Å²) in [5.74, 6) is 0.603. The average molecular weight is 364 g/mol. The average Bonchev–Trinajstić information content (AvgIpc) is 3.00. The Bertz CT molecular complexity index is 961. The standard InChI is InChI=1S/C21H24N4O2/c1-14(2)20(26)22-11-12-23-21(27)16-9-10-19-18(13-16)24-15(3)25(19)17-7-5-4-6-8-17/h4-10,13-14H,11-12H2,1-3H3,(H,22,26)(H,23,27). The van der Waals surface area contributed by atoms with Crippen molar-refractivity contribution < 1.29 is 9.59 Å². The summed E-state index contributed by atoms with van der Waals surface area (Å²) in [4.78, 5) is 28.5. The Hall–Kier alpha value is -3.15. The fourth-order valence-electron chi connectivity index (χ4n) is 2.91. The van der Waals surface area contributed by atoms with Crippen LogP contribution in [0, 0.1) is 12.8 Å². The van der Waals surface area contributed by atoms with Gasteiger partial charge >= 0.3 is 0 Å². The number of aryl methyl sites for hydroxylation is 1. The van der Waals surface area contributed by atoms with E-state index in [1.54, 1.807) is 12.1 Å². The molecule has 140 valence electrons. The van der Waals surface area contributed by atoms with Crippen molar-refractivity contribution in [3.63, 3.8) is 0 Å². The van der Waals surface area contributed by atoms with Crippen LogP contribution in [0.15, 0.2) is 48.5 Å². The highest BCUT2D eigenvalue weighted by molar-refractivity contribution is 5.97. The van der Waals surface area contributed by atoms with E-state index in [9.17, 15) is 9.59 Å². The van der Waals surface area contributed by atoms with Crippen molar-refractivity contribution in [3.05, 3.63) is 59.9 Å². The number of carbonyl (C=O) groups excluding carboxylic acids is 2. The third-order valence-electron chi connectivity index (χ3n) is 4.33. The van der Waals surface area contributed by atoms with E-state index in [1.165, 1.54) is 0 Å². The fourth-order valence-corrected chi connectivity index (χ4v) is 2.91. The summed E-state index contributed by atoms with van der Waals surface area (Å²) in [6, 6.07) is 15.5. The SMILES string of the molecule is Cc1nc2cc(C(=O)NCCNC(=O)C(C)C)ccc2n1-c1ccccc1. The molecule has 2 N–H and O–H groups in total. The van der Waals surface area contributed by atoms with Crippen molar-refractivity contribution in [3.8, 4) is 5.69 Å². The lowest BCUT2D eigenvalue weighted by molar-refractivity contribution is -0.123. The molecule has 0 atom stereocenters. The third kappa shape index (κ3) is 4.16. The first-order valence-corrected chi connectivity index (χ1v) is 9.08. The van der Waals surface area contributed by atoms with Gasteiger partial charge in [-0.2, -0.15) is 0 Å². The van der Waals surface area contributed by atoms with Crippen molar-refractivity contribution in [2.24, 2.45) is 5.92 Å². The summed E-state index contributed by atoms with van der Waals surface area (Å²) < 4.78 is 2.07. The van der Waals surface area contributed by atoms with E-state index in [2.05, 4.69) is 20.2 Å². The monoisotopic (exact) mass is 364 g/mol. The highest BCUT2D eigenvalue weighted by atomic mass is 16.2. The number of nitrogens with one attached hydrogen (secondary N) is 2. The Kier molecular flexibility index (Phi) is 5.54. The molecule has 0 saturated heterocycles. The lowest BCUT2D eigenvalue weighted by Crippen LogP contribution is -2.36. The largest absolute Gasteiger partial charge is 0.354 e. The van der Waals surface area contributed by atoms with Crippen molar-refractivity contribution >= 4 is 22.8 Å². The molecule has 0 saturated carbocycles. The highest BCUT2D eigenvalue weighted by Gasteiger charge is 2.13. The number of nitrogens with zero attached hydrogens (tertiary/aromatic N) is 2. The van der Waals surface area contributed by atoms with Gasteiger partial charge in [0.1, 0.15) is 5.82 Å². The zero-order chi connectivity index (χ0) is 19.4. The van der Waals surface area contributed by atoms with Gasteiger partial charge in [-0.05, 0) is 37.3 Å². The van der Waals surface area contributed by atoms with Crippen LogP contribution in [0.4, 0.5) is 0 Å². The molecule has 0 aliphatic rings. The molecule has 0 fully saturated rings. The highest BCUT2D eigenvalue weighted by Crippen LogP contribution is 2.22. The van der Waals surface area contributed by atoms with Gasteiger partial charge < -0.3 is 10.6 Å². The van der Waals surface area contributed by atoms with Crippen LogP contribution in [0.5, 0.6) is 0 Å². The second-order valence-electron chi connectivity index (χ2n) is 6.74. The van der Waals surface area contributed by atoms with E-state index >= 15 is 0 Å². The normalized spacial score (nSPS) is 11.0. The predicted octanol–water partition coefficient (Wildman–Crippen LogP) is 2.84. The first-order chi connectivity index (χ1) is 13.0. The number of amides is 2. The van der Waals surface area contributed by atoms with E-state index in [0.717, 1.165) is 22.5 Å². The smallest absolute Gasteiger partial charge is 0.251 e. The Morgan fingerprint density at radius 2 is 1.74 bits per heavy atom. The van der Waals surface area contributed by atoms with Crippen LogP contribution >= 0.6 is 0 Å². The summed E-state index contributed by atoms with van der Waals surface area (Å²) in [5, 5.41) is 5.60. The van der Waals surface area contributed by atoms with E-state index in [-0.39, 0.29) is 17.7 Å². The molecular formula is C21H24N4O2. The van der Waals surface area contributed by atoms with Crippen LogP contribution in [0.1, 0.15) is 30.0 Å². The summed E-state index contributed by atoms with van der Waals surface area (Å²) in [5.41, 5.74) is 3.32. The van der Waals surface area contributed by atoms with Crippen LogP contribution in [-0.2, 0) is 4.79 Å².